The summed E-state index contributed by atoms with van der Waals surface area (Å²) in [6, 6.07) is 0.219. The average Bonchev–Trinajstić information content (AvgIpc) is 2.27. The summed E-state index contributed by atoms with van der Waals surface area (Å²) in [4.78, 5) is 2.05. The molecule has 1 atom stereocenters. The van der Waals surface area contributed by atoms with Crippen molar-refractivity contribution in [2.75, 3.05) is 20.1 Å². The molecule has 0 saturated heterocycles. The zero-order chi connectivity index (χ0) is 12.8. The van der Waals surface area contributed by atoms with Crippen LogP contribution in [0.4, 0.5) is 0 Å². The van der Waals surface area contributed by atoms with Crippen LogP contribution in [0.15, 0.2) is 23.9 Å². The topological polar surface area (TPSA) is 87.5 Å². The number of hydrogen-bond acceptors (Lipinski definition) is 5. The van der Waals surface area contributed by atoms with Gasteiger partial charge in [-0.1, -0.05) is 12.2 Å². The van der Waals surface area contributed by atoms with Gasteiger partial charge in [0.2, 0.25) is 0 Å². The van der Waals surface area contributed by atoms with E-state index in [1.807, 2.05) is 18.0 Å². The molecule has 0 saturated carbocycles. The molecule has 5 nitrogen and oxygen atoms in total. The summed E-state index contributed by atoms with van der Waals surface area (Å²) < 4.78 is 0. The monoisotopic (exact) mass is 476 g/mol. The summed E-state index contributed by atoms with van der Waals surface area (Å²) in [6.45, 7) is 2.65. The molecule has 18 heavy (non-hydrogen) atoms. The van der Waals surface area contributed by atoms with Gasteiger partial charge < -0.3 is 26.8 Å². The summed E-state index contributed by atoms with van der Waals surface area (Å²) in [5.41, 5.74) is 12.2. The van der Waals surface area contributed by atoms with Crippen molar-refractivity contribution in [3.05, 3.63) is 36.2 Å². The summed E-state index contributed by atoms with van der Waals surface area (Å²) in [6.07, 6.45) is 7.86. The zero-order valence-corrected chi connectivity index (χ0v) is 15.1. The number of aliphatic hydroxyl groups excluding tert-OH is 1. The zero-order valence-electron chi connectivity index (χ0n) is 11.0. The van der Waals surface area contributed by atoms with Crippen LogP contribution < -0.4 is 16.8 Å². The second-order valence-electron chi connectivity index (χ2n) is 4.29. The SMILES string of the molecule is CNC1=CCC(N(C[C-](N)N)C[C-](C)O)C=C1.[U+2]. The molecule has 0 aromatic heterocycles. The smallest absolute Gasteiger partial charge is 0.562 e. The summed E-state index contributed by atoms with van der Waals surface area (Å²) in [5.74, 6) is 0. The Labute approximate surface area is 133 Å². The van der Waals surface area contributed by atoms with Crippen molar-refractivity contribution < 1.29 is 36.2 Å². The number of nitrogens with zero attached hydrogens (tertiary/aromatic N) is 1. The standard InChI is InChI=1S/C12H22N4O.U/c1-9(17)7-16(8-12(13)14)11-5-3-10(15-2)4-6-11;/h3-5,11,15,17H,6-8,13-14H2,1-2H3;/q-2;+2. The Hall–Kier alpha value is 0.172. The van der Waals surface area contributed by atoms with Gasteiger partial charge in [0.05, 0.1) is 0 Å². The first kappa shape index (κ1) is 18.2. The van der Waals surface area contributed by atoms with E-state index >= 15 is 0 Å². The van der Waals surface area contributed by atoms with Gasteiger partial charge in [-0.2, -0.15) is 19.2 Å². The van der Waals surface area contributed by atoms with E-state index in [-0.39, 0.29) is 37.2 Å². The third kappa shape index (κ3) is 6.37. The van der Waals surface area contributed by atoms with Gasteiger partial charge in [-0.25, -0.2) is 0 Å². The minimum atomic E-state index is 0. The molecular weight excluding hydrogens is 454 g/mol. The molecule has 0 bridgehead atoms. The van der Waals surface area contributed by atoms with Crippen molar-refractivity contribution in [1.82, 2.24) is 10.2 Å². The number of nitrogens with one attached hydrogen (secondary N) is 1. The van der Waals surface area contributed by atoms with Crippen LogP contribution in [0.3, 0.4) is 0 Å². The number of nitrogens with two attached hydrogens (primary N) is 2. The summed E-state index contributed by atoms with van der Waals surface area (Å²) >= 11 is 0. The Kier molecular flexibility index (Phi) is 9.22. The Balaban J connectivity index is 0.00000289. The van der Waals surface area contributed by atoms with Crippen molar-refractivity contribution in [2.45, 2.75) is 19.4 Å². The fourth-order valence-corrected chi connectivity index (χ4v) is 1.88. The molecule has 0 aliphatic heterocycles. The molecule has 0 heterocycles. The fourth-order valence-electron chi connectivity index (χ4n) is 1.88. The first-order valence-corrected chi connectivity index (χ1v) is 5.71. The van der Waals surface area contributed by atoms with Gasteiger partial charge in [-0.05, 0) is 12.5 Å². The molecule has 1 rings (SSSR count). The minimum Gasteiger partial charge on any atom is -0.562 e. The second kappa shape index (κ2) is 9.14. The Morgan fingerprint density at radius 1 is 1.50 bits per heavy atom. The minimum absolute atomic E-state index is 0. The van der Waals surface area contributed by atoms with Crippen LogP contribution >= 0.6 is 0 Å². The number of hydrogen-bond donors (Lipinski definition) is 4. The van der Waals surface area contributed by atoms with E-state index < -0.39 is 0 Å². The Bertz CT molecular complexity index is 282. The van der Waals surface area contributed by atoms with Gasteiger partial charge in [0, 0.05) is 18.8 Å². The van der Waals surface area contributed by atoms with Crippen LogP contribution in [-0.4, -0.2) is 36.2 Å². The molecular formula is C12H22N4OU. The molecule has 1 aliphatic rings. The average molecular weight is 476 g/mol. The van der Waals surface area contributed by atoms with Gasteiger partial charge in [-0.15, -0.1) is 13.1 Å². The van der Waals surface area contributed by atoms with Crippen LogP contribution in [0.1, 0.15) is 13.3 Å². The molecule has 6 heteroatoms. The predicted octanol–water partition coefficient (Wildman–Crippen LogP) is 0.0515. The second-order valence-corrected chi connectivity index (χ2v) is 4.29. The van der Waals surface area contributed by atoms with Gasteiger partial charge in [-0.3, -0.25) is 0 Å². The van der Waals surface area contributed by atoms with Crippen molar-refractivity contribution in [3.63, 3.8) is 0 Å². The van der Waals surface area contributed by atoms with E-state index in [0.717, 1.165) is 12.1 Å². The third-order valence-electron chi connectivity index (χ3n) is 2.65. The van der Waals surface area contributed by atoms with Crippen LogP contribution in [0.2, 0.25) is 0 Å². The van der Waals surface area contributed by atoms with E-state index in [2.05, 4.69) is 17.5 Å². The van der Waals surface area contributed by atoms with Crippen molar-refractivity contribution in [1.29, 1.82) is 0 Å². The Morgan fingerprint density at radius 2 is 2.17 bits per heavy atom. The number of aliphatic hydroxyl groups is 1. The maximum absolute atomic E-state index is 9.40. The largest absolute Gasteiger partial charge is 2.00 e. The third-order valence-corrected chi connectivity index (χ3v) is 2.65. The molecule has 1 aliphatic carbocycles. The molecule has 0 aromatic carbocycles. The van der Waals surface area contributed by atoms with Gasteiger partial charge in [0.15, 0.2) is 0 Å². The van der Waals surface area contributed by atoms with E-state index in [9.17, 15) is 5.11 Å². The number of likely N-dealkylation sites (N-methyl/N-ethyl adjacent to an activating group) is 1. The van der Waals surface area contributed by atoms with Gasteiger partial charge in [0.1, 0.15) is 0 Å². The maximum atomic E-state index is 9.40. The van der Waals surface area contributed by atoms with E-state index in [1.165, 1.54) is 0 Å². The molecule has 0 amide bonds. The molecule has 6 N–H and O–H groups in total. The van der Waals surface area contributed by atoms with Gasteiger partial charge in [0.25, 0.3) is 0 Å². The number of rotatable bonds is 6. The normalized spacial score (nSPS) is 19.1. The quantitative estimate of drug-likeness (QED) is 0.408. The van der Waals surface area contributed by atoms with Crippen molar-refractivity contribution in [3.8, 4) is 0 Å². The Morgan fingerprint density at radius 3 is 2.56 bits per heavy atom. The molecule has 0 aromatic rings. The number of allylic oxidation sites excluding steroid dienone is 1. The first-order valence-electron chi connectivity index (χ1n) is 5.71. The molecule has 1 unspecified atom stereocenters. The summed E-state index contributed by atoms with van der Waals surface area (Å²) in [7, 11) is 1.89. The van der Waals surface area contributed by atoms with Crippen molar-refractivity contribution in [2.24, 2.45) is 11.5 Å². The molecule has 100 valence electrons. The molecule has 0 fully saturated rings. The van der Waals surface area contributed by atoms with E-state index in [0.29, 0.717) is 25.4 Å². The fraction of sp³-hybridized carbons (Fsp3) is 0.500. The molecule has 0 radical (unpaired) electrons. The van der Waals surface area contributed by atoms with Crippen LogP contribution in [0, 0.1) is 43.4 Å². The van der Waals surface area contributed by atoms with E-state index in [1.54, 1.807) is 6.92 Å². The molecule has 0 spiro atoms. The van der Waals surface area contributed by atoms with Crippen LogP contribution in [-0.2, 0) is 0 Å². The van der Waals surface area contributed by atoms with Gasteiger partial charge >= 0.3 is 31.1 Å². The van der Waals surface area contributed by atoms with Crippen molar-refractivity contribution >= 4 is 0 Å². The van der Waals surface area contributed by atoms with Crippen LogP contribution in [0.25, 0.3) is 0 Å². The van der Waals surface area contributed by atoms with E-state index in [4.69, 9.17) is 11.5 Å². The maximum Gasteiger partial charge on any atom is 2.00 e. The summed E-state index contributed by atoms with van der Waals surface area (Å²) in [5, 5.41) is 12.5. The van der Waals surface area contributed by atoms with Crippen LogP contribution in [0.5, 0.6) is 0 Å². The first-order chi connectivity index (χ1) is 8.02. The predicted molar refractivity (Wildman–Crippen MR) is 68.7 cm³/mol.